The first kappa shape index (κ1) is 25.8. The number of nitrogens with zero attached hydrogens (tertiary/aromatic N) is 1. The van der Waals surface area contributed by atoms with Gasteiger partial charge in [-0.05, 0) is 38.7 Å². The van der Waals surface area contributed by atoms with Crippen molar-refractivity contribution >= 4 is 17.8 Å². The molecule has 0 aromatic heterocycles. The van der Waals surface area contributed by atoms with Gasteiger partial charge in [0.1, 0.15) is 12.1 Å². The van der Waals surface area contributed by atoms with Crippen LogP contribution in [0.4, 0.5) is 0 Å². The van der Waals surface area contributed by atoms with Gasteiger partial charge in [0.25, 0.3) is 0 Å². The third-order valence-corrected chi connectivity index (χ3v) is 5.86. The number of ether oxygens (including phenoxy) is 3. The quantitative estimate of drug-likeness (QED) is 0.386. The first-order valence-electron chi connectivity index (χ1n) is 10.9. The average molecular weight is 451 g/mol. The molecule has 3 atom stereocenters. The Bertz CT molecular complexity index is 767. The van der Waals surface area contributed by atoms with Crippen molar-refractivity contribution in [2.45, 2.75) is 63.4 Å². The summed E-state index contributed by atoms with van der Waals surface area (Å²) in [4.78, 5) is 38.8. The SMILES string of the molecule is CCOC(=O)[C@H](CCc1ccccc1)NC(C)C(=O)N1CC(OC)(OC)CC[C@H]1C(=O)O. The standard InChI is InChI=1S/C23H34N2O7/c1-5-32-22(29)18(12-11-17-9-7-6-8-10-17)24-16(2)20(26)25-15-23(30-3,31-4)14-13-19(25)21(27)28/h6-10,16,18-19,24H,5,11-15H2,1-4H3,(H,27,28)/t16?,18-,19-/m0/s1. The fourth-order valence-corrected chi connectivity index (χ4v) is 3.96. The van der Waals surface area contributed by atoms with E-state index in [9.17, 15) is 19.5 Å². The van der Waals surface area contributed by atoms with Gasteiger partial charge in [-0.1, -0.05) is 30.3 Å². The number of rotatable bonds is 11. The molecule has 1 fully saturated rings. The summed E-state index contributed by atoms with van der Waals surface area (Å²) in [5.41, 5.74) is 1.06. The molecule has 1 aromatic rings. The van der Waals surface area contributed by atoms with Gasteiger partial charge in [-0.25, -0.2) is 4.79 Å². The van der Waals surface area contributed by atoms with Crippen LogP contribution in [0, 0.1) is 0 Å². The number of aryl methyl sites for hydroxylation is 1. The van der Waals surface area contributed by atoms with Gasteiger partial charge in [0, 0.05) is 20.6 Å². The monoisotopic (exact) mass is 450 g/mol. The van der Waals surface area contributed by atoms with Crippen molar-refractivity contribution in [3.63, 3.8) is 0 Å². The zero-order valence-electron chi connectivity index (χ0n) is 19.2. The molecule has 1 aliphatic heterocycles. The van der Waals surface area contributed by atoms with E-state index in [1.54, 1.807) is 13.8 Å². The molecule has 9 heteroatoms. The molecule has 0 saturated carbocycles. The van der Waals surface area contributed by atoms with Crippen LogP contribution in [0.25, 0.3) is 0 Å². The Morgan fingerprint density at radius 1 is 1.22 bits per heavy atom. The topological polar surface area (TPSA) is 114 Å². The van der Waals surface area contributed by atoms with E-state index in [2.05, 4.69) is 5.32 Å². The number of carboxylic acid groups (broad SMARTS) is 1. The number of benzene rings is 1. The third-order valence-electron chi connectivity index (χ3n) is 5.86. The molecule has 0 spiro atoms. The van der Waals surface area contributed by atoms with Crippen LogP contribution in [0.1, 0.15) is 38.7 Å². The number of methoxy groups -OCH3 is 2. The van der Waals surface area contributed by atoms with Crippen LogP contribution in [0.2, 0.25) is 0 Å². The van der Waals surface area contributed by atoms with E-state index in [0.717, 1.165) is 5.56 Å². The molecular weight excluding hydrogens is 416 g/mol. The van der Waals surface area contributed by atoms with Crippen molar-refractivity contribution in [2.75, 3.05) is 27.4 Å². The average Bonchev–Trinajstić information content (AvgIpc) is 2.81. The highest BCUT2D eigenvalue weighted by molar-refractivity contribution is 5.88. The number of hydrogen-bond acceptors (Lipinski definition) is 7. The molecule has 0 aliphatic carbocycles. The molecule has 1 aliphatic rings. The number of carboxylic acids is 1. The molecule has 2 rings (SSSR count). The molecule has 32 heavy (non-hydrogen) atoms. The molecule has 1 saturated heterocycles. The van der Waals surface area contributed by atoms with E-state index in [1.165, 1.54) is 19.1 Å². The minimum Gasteiger partial charge on any atom is -0.480 e. The summed E-state index contributed by atoms with van der Waals surface area (Å²) in [7, 11) is 2.94. The molecule has 1 unspecified atom stereocenters. The molecule has 1 amide bonds. The Balaban J connectivity index is 2.14. The first-order chi connectivity index (χ1) is 15.3. The molecule has 2 N–H and O–H groups in total. The van der Waals surface area contributed by atoms with Crippen LogP contribution in [0.15, 0.2) is 30.3 Å². The Morgan fingerprint density at radius 3 is 2.44 bits per heavy atom. The Labute approximate surface area is 189 Å². The summed E-state index contributed by atoms with van der Waals surface area (Å²) < 4.78 is 16.1. The van der Waals surface area contributed by atoms with Crippen molar-refractivity contribution in [1.82, 2.24) is 10.2 Å². The smallest absolute Gasteiger partial charge is 0.326 e. The molecular formula is C23H34N2O7. The summed E-state index contributed by atoms with van der Waals surface area (Å²) in [6.07, 6.45) is 1.61. The summed E-state index contributed by atoms with van der Waals surface area (Å²) in [5.74, 6) is -3.03. The number of likely N-dealkylation sites (tertiary alicyclic amines) is 1. The first-order valence-corrected chi connectivity index (χ1v) is 10.9. The lowest BCUT2D eigenvalue weighted by atomic mass is 9.96. The normalized spacial score (nSPS) is 19.8. The number of esters is 1. The van der Waals surface area contributed by atoms with Crippen LogP contribution in [0.5, 0.6) is 0 Å². The van der Waals surface area contributed by atoms with Crippen LogP contribution < -0.4 is 5.32 Å². The minimum atomic E-state index is -1.09. The van der Waals surface area contributed by atoms with Crippen molar-refractivity contribution in [2.24, 2.45) is 0 Å². The van der Waals surface area contributed by atoms with E-state index in [0.29, 0.717) is 19.3 Å². The molecule has 0 radical (unpaired) electrons. The van der Waals surface area contributed by atoms with E-state index in [1.807, 2.05) is 30.3 Å². The predicted molar refractivity (Wildman–Crippen MR) is 117 cm³/mol. The van der Waals surface area contributed by atoms with Crippen molar-refractivity contribution < 1.29 is 33.7 Å². The van der Waals surface area contributed by atoms with Gasteiger partial charge in [0.15, 0.2) is 5.79 Å². The number of carbonyl (C=O) groups is 3. The Kier molecular flexibility index (Phi) is 9.61. The van der Waals surface area contributed by atoms with Crippen LogP contribution in [0.3, 0.4) is 0 Å². The Hall–Kier alpha value is -2.49. The maximum atomic E-state index is 13.3. The Morgan fingerprint density at radius 2 is 1.88 bits per heavy atom. The van der Waals surface area contributed by atoms with Crippen molar-refractivity contribution in [1.29, 1.82) is 0 Å². The maximum Gasteiger partial charge on any atom is 0.326 e. The lowest BCUT2D eigenvalue weighted by Gasteiger charge is -2.44. The number of nitrogens with one attached hydrogen (secondary N) is 1. The highest BCUT2D eigenvalue weighted by Crippen LogP contribution is 2.30. The van der Waals surface area contributed by atoms with Gasteiger partial charge in [-0.15, -0.1) is 0 Å². The second kappa shape index (κ2) is 11.9. The fraction of sp³-hybridized carbons (Fsp3) is 0.609. The molecule has 0 bridgehead atoms. The summed E-state index contributed by atoms with van der Waals surface area (Å²) in [6, 6.07) is 7.19. The van der Waals surface area contributed by atoms with Gasteiger partial charge < -0.3 is 24.2 Å². The number of aliphatic carboxylic acids is 1. The van der Waals surface area contributed by atoms with Crippen molar-refractivity contribution in [3.05, 3.63) is 35.9 Å². The van der Waals surface area contributed by atoms with Gasteiger partial charge in [-0.2, -0.15) is 0 Å². The molecule has 178 valence electrons. The highest BCUT2D eigenvalue weighted by Gasteiger charge is 2.45. The number of piperidine rings is 1. The van der Waals surface area contributed by atoms with E-state index >= 15 is 0 Å². The number of hydrogen-bond donors (Lipinski definition) is 2. The van der Waals surface area contributed by atoms with Gasteiger partial charge in [0.05, 0.1) is 19.2 Å². The van der Waals surface area contributed by atoms with Gasteiger partial charge in [0.2, 0.25) is 5.91 Å². The lowest BCUT2D eigenvalue weighted by Crippen LogP contribution is -2.62. The zero-order chi connectivity index (χ0) is 23.7. The van der Waals surface area contributed by atoms with E-state index in [-0.39, 0.29) is 19.6 Å². The molecule has 9 nitrogen and oxygen atoms in total. The largest absolute Gasteiger partial charge is 0.480 e. The van der Waals surface area contributed by atoms with Crippen LogP contribution in [-0.4, -0.2) is 79.1 Å². The molecule has 1 aromatic carbocycles. The fourth-order valence-electron chi connectivity index (χ4n) is 3.96. The van der Waals surface area contributed by atoms with Crippen LogP contribution in [-0.2, 0) is 35.0 Å². The van der Waals surface area contributed by atoms with Gasteiger partial charge >= 0.3 is 11.9 Å². The van der Waals surface area contributed by atoms with Crippen molar-refractivity contribution in [3.8, 4) is 0 Å². The lowest BCUT2D eigenvalue weighted by molar-refractivity contribution is -0.238. The maximum absolute atomic E-state index is 13.3. The second-order valence-corrected chi connectivity index (χ2v) is 7.90. The highest BCUT2D eigenvalue weighted by atomic mass is 16.7. The predicted octanol–water partition coefficient (Wildman–Crippen LogP) is 1.59. The summed E-state index contributed by atoms with van der Waals surface area (Å²) in [5, 5.41) is 12.7. The second-order valence-electron chi connectivity index (χ2n) is 7.90. The molecule has 1 heterocycles. The van der Waals surface area contributed by atoms with Crippen LogP contribution >= 0.6 is 0 Å². The number of amides is 1. The summed E-state index contributed by atoms with van der Waals surface area (Å²) in [6.45, 7) is 3.55. The third kappa shape index (κ3) is 6.51. The summed E-state index contributed by atoms with van der Waals surface area (Å²) >= 11 is 0. The minimum absolute atomic E-state index is 0.0179. The van der Waals surface area contributed by atoms with Gasteiger partial charge in [-0.3, -0.25) is 14.9 Å². The van der Waals surface area contributed by atoms with E-state index in [4.69, 9.17) is 14.2 Å². The number of carbonyl (C=O) groups excluding carboxylic acids is 2. The van der Waals surface area contributed by atoms with E-state index < -0.39 is 41.8 Å². The zero-order valence-corrected chi connectivity index (χ0v) is 19.2.